The van der Waals surface area contributed by atoms with Gasteiger partial charge in [0.2, 0.25) is 5.91 Å². The number of hydrogen-bond donors (Lipinski definition) is 2. The van der Waals surface area contributed by atoms with Crippen molar-refractivity contribution in [1.29, 1.82) is 0 Å². The molecule has 0 radical (unpaired) electrons. The number of amides is 1. The second kappa shape index (κ2) is 6.06. The Balaban J connectivity index is 2.07. The molecular weight excluding hydrogens is 262 g/mol. The van der Waals surface area contributed by atoms with Crippen molar-refractivity contribution in [3.63, 3.8) is 0 Å². The summed E-state index contributed by atoms with van der Waals surface area (Å²) in [7, 11) is 1.97. The van der Waals surface area contributed by atoms with Crippen LogP contribution in [0.15, 0.2) is 18.2 Å². The van der Waals surface area contributed by atoms with E-state index < -0.39 is 0 Å². The van der Waals surface area contributed by atoms with Crippen molar-refractivity contribution in [2.24, 2.45) is 0 Å². The summed E-state index contributed by atoms with van der Waals surface area (Å²) in [5.74, 6) is 0.0861. The van der Waals surface area contributed by atoms with Crippen molar-refractivity contribution in [3.05, 3.63) is 29.3 Å². The number of benzene rings is 1. The normalized spacial score (nSPS) is 15.8. The van der Waals surface area contributed by atoms with E-state index in [1.54, 1.807) is 0 Å². The summed E-state index contributed by atoms with van der Waals surface area (Å²) >= 11 is 0. The molecule has 1 amide bonds. The second-order valence-corrected chi connectivity index (χ2v) is 6.87. The van der Waals surface area contributed by atoms with Crippen molar-refractivity contribution in [3.8, 4) is 0 Å². The van der Waals surface area contributed by atoms with Gasteiger partial charge in [-0.25, -0.2) is 0 Å². The van der Waals surface area contributed by atoms with E-state index in [1.165, 1.54) is 16.8 Å². The molecule has 1 aromatic carbocycles. The number of rotatable bonds is 4. The van der Waals surface area contributed by atoms with Gasteiger partial charge < -0.3 is 15.5 Å². The van der Waals surface area contributed by atoms with Gasteiger partial charge in [0, 0.05) is 23.8 Å². The first kappa shape index (κ1) is 15.8. The Kier molecular flexibility index (Phi) is 4.57. The predicted octanol–water partition coefficient (Wildman–Crippen LogP) is 2.24. The molecule has 0 fully saturated rings. The van der Waals surface area contributed by atoms with Gasteiger partial charge in [0.05, 0.1) is 6.54 Å². The summed E-state index contributed by atoms with van der Waals surface area (Å²) in [5, 5.41) is 6.29. The van der Waals surface area contributed by atoms with Crippen LogP contribution >= 0.6 is 0 Å². The molecule has 21 heavy (non-hydrogen) atoms. The van der Waals surface area contributed by atoms with E-state index in [0.29, 0.717) is 12.6 Å². The largest absolute Gasteiger partial charge is 0.362 e. The predicted molar refractivity (Wildman–Crippen MR) is 87.7 cm³/mol. The molecule has 2 rings (SSSR count). The van der Waals surface area contributed by atoms with Gasteiger partial charge in [0.15, 0.2) is 0 Å². The first-order valence-electron chi connectivity index (χ1n) is 7.66. The third-order valence-electron chi connectivity index (χ3n) is 3.88. The maximum atomic E-state index is 12.1. The van der Waals surface area contributed by atoms with Gasteiger partial charge >= 0.3 is 0 Å². The van der Waals surface area contributed by atoms with Crippen molar-refractivity contribution >= 4 is 11.6 Å². The Hall–Kier alpha value is -1.55. The average Bonchev–Trinajstić information content (AvgIpc) is 2.78. The Morgan fingerprint density at radius 1 is 1.38 bits per heavy atom. The van der Waals surface area contributed by atoms with Crippen molar-refractivity contribution in [2.75, 3.05) is 25.0 Å². The minimum Gasteiger partial charge on any atom is -0.362 e. The number of nitrogens with one attached hydrogen (secondary N) is 2. The van der Waals surface area contributed by atoms with E-state index in [0.717, 1.165) is 13.0 Å². The maximum Gasteiger partial charge on any atom is 0.239 e. The van der Waals surface area contributed by atoms with Gasteiger partial charge in [0.25, 0.3) is 0 Å². The summed E-state index contributed by atoms with van der Waals surface area (Å²) in [6.45, 7) is 9.54. The second-order valence-electron chi connectivity index (χ2n) is 6.87. The molecule has 0 bridgehead atoms. The lowest BCUT2D eigenvalue weighted by Gasteiger charge is -2.24. The van der Waals surface area contributed by atoms with Gasteiger partial charge in [0.1, 0.15) is 0 Å². The van der Waals surface area contributed by atoms with Crippen LogP contribution in [0.2, 0.25) is 0 Å². The summed E-state index contributed by atoms with van der Waals surface area (Å²) in [5.41, 5.74) is 3.67. The van der Waals surface area contributed by atoms with E-state index >= 15 is 0 Å². The van der Waals surface area contributed by atoms with Crippen molar-refractivity contribution in [1.82, 2.24) is 10.6 Å². The SMILES string of the molecule is CNC(C)c1ccc2c(c1)CCN2CC(=O)NC(C)(C)C. The number of fused-ring (bicyclic) bond motifs is 1. The zero-order chi connectivity index (χ0) is 15.6. The highest BCUT2D eigenvalue weighted by Gasteiger charge is 2.23. The van der Waals surface area contributed by atoms with Crippen LogP contribution in [0.25, 0.3) is 0 Å². The van der Waals surface area contributed by atoms with Crippen LogP contribution < -0.4 is 15.5 Å². The zero-order valence-corrected chi connectivity index (χ0v) is 13.8. The highest BCUT2D eigenvalue weighted by Crippen LogP contribution is 2.30. The number of carbonyl (C=O) groups excluding carboxylic acids is 1. The lowest BCUT2D eigenvalue weighted by atomic mass is 10.0. The Morgan fingerprint density at radius 3 is 2.71 bits per heavy atom. The summed E-state index contributed by atoms with van der Waals surface area (Å²) < 4.78 is 0. The topological polar surface area (TPSA) is 44.4 Å². The maximum absolute atomic E-state index is 12.1. The molecule has 1 atom stereocenters. The Morgan fingerprint density at radius 2 is 2.10 bits per heavy atom. The molecular formula is C17H27N3O. The van der Waals surface area contributed by atoms with Crippen LogP contribution in [-0.2, 0) is 11.2 Å². The van der Waals surface area contributed by atoms with Crippen LogP contribution in [0.3, 0.4) is 0 Å². The number of nitrogens with zero attached hydrogens (tertiary/aromatic N) is 1. The van der Waals surface area contributed by atoms with Gasteiger partial charge in [-0.15, -0.1) is 0 Å². The minimum absolute atomic E-state index is 0.0861. The first-order valence-corrected chi connectivity index (χ1v) is 7.66. The molecule has 1 aromatic rings. The quantitative estimate of drug-likeness (QED) is 0.893. The molecule has 0 aliphatic carbocycles. The standard InChI is InChI=1S/C17H27N3O/c1-12(18-5)13-6-7-15-14(10-13)8-9-20(15)11-16(21)19-17(2,3)4/h6-7,10,12,18H,8-9,11H2,1-5H3,(H,19,21). The van der Waals surface area contributed by atoms with Crippen LogP contribution in [0, 0.1) is 0 Å². The van der Waals surface area contributed by atoms with E-state index in [-0.39, 0.29) is 11.4 Å². The van der Waals surface area contributed by atoms with E-state index in [4.69, 9.17) is 0 Å². The summed E-state index contributed by atoms with van der Waals surface area (Å²) in [6, 6.07) is 6.92. The van der Waals surface area contributed by atoms with Crippen LogP contribution in [0.4, 0.5) is 5.69 Å². The molecule has 1 aliphatic rings. The van der Waals surface area contributed by atoms with E-state index in [1.807, 2.05) is 27.8 Å². The van der Waals surface area contributed by atoms with Crippen LogP contribution in [0.5, 0.6) is 0 Å². The number of carbonyl (C=O) groups is 1. The highest BCUT2D eigenvalue weighted by molar-refractivity contribution is 5.82. The lowest BCUT2D eigenvalue weighted by molar-refractivity contribution is -0.121. The van der Waals surface area contributed by atoms with E-state index in [9.17, 15) is 4.79 Å². The fraction of sp³-hybridized carbons (Fsp3) is 0.588. The molecule has 4 heteroatoms. The summed E-state index contributed by atoms with van der Waals surface area (Å²) in [6.07, 6.45) is 1.02. The Labute approximate surface area is 127 Å². The fourth-order valence-electron chi connectivity index (χ4n) is 2.72. The molecule has 0 aromatic heterocycles. The molecule has 4 nitrogen and oxygen atoms in total. The molecule has 0 saturated heterocycles. The third-order valence-corrected chi connectivity index (χ3v) is 3.88. The number of anilines is 1. The lowest BCUT2D eigenvalue weighted by Crippen LogP contribution is -2.45. The van der Waals surface area contributed by atoms with Crippen molar-refractivity contribution < 1.29 is 4.79 Å². The number of hydrogen-bond acceptors (Lipinski definition) is 3. The summed E-state index contributed by atoms with van der Waals surface area (Å²) in [4.78, 5) is 14.3. The van der Waals surface area contributed by atoms with Gasteiger partial charge in [-0.05, 0) is 58.4 Å². The first-order chi connectivity index (χ1) is 9.80. The minimum atomic E-state index is -0.175. The average molecular weight is 289 g/mol. The van der Waals surface area contributed by atoms with Crippen LogP contribution in [0.1, 0.15) is 44.9 Å². The van der Waals surface area contributed by atoms with Crippen LogP contribution in [-0.4, -0.2) is 31.6 Å². The third kappa shape index (κ3) is 3.97. The highest BCUT2D eigenvalue weighted by atomic mass is 16.2. The molecule has 1 unspecified atom stereocenters. The van der Waals surface area contributed by atoms with Gasteiger partial charge in [-0.1, -0.05) is 12.1 Å². The Bertz CT molecular complexity index is 519. The molecule has 0 spiro atoms. The van der Waals surface area contributed by atoms with Gasteiger partial charge in [-0.2, -0.15) is 0 Å². The molecule has 1 heterocycles. The van der Waals surface area contributed by atoms with E-state index in [2.05, 4.69) is 40.7 Å². The molecule has 116 valence electrons. The van der Waals surface area contributed by atoms with Crippen molar-refractivity contribution in [2.45, 2.75) is 45.7 Å². The smallest absolute Gasteiger partial charge is 0.239 e. The van der Waals surface area contributed by atoms with Gasteiger partial charge in [-0.3, -0.25) is 4.79 Å². The zero-order valence-electron chi connectivity index (χ0n) is 13.8. The molecule has 0 saturated carbocycles. The fourth-order valence-corrected chi connectivity index (χ4v) is 2.72. The monoisotopic (exact) mass is 289 g/mol. The molecule has 2 N–H and O–H groups in total. The molecule has 1 aliphatic heterocycles.